The average Bonchev–Trinajstić information content (AvgIpc) is 2.30. The summed E-state index contributed by atoms with van der Waals surface area (Å²) in [6, 6.07) is 3.96. The van der Waals surface area contributed by atoms with Gasteiger partial charge in [0.05, 0.1) is 0 Å². The first-order valence-electron chi connectivity index (χ1n) is 6.48. The Labute approximate surface area is 114 Å². The van der Waals surface area contributed by atoms with Crippen LogP contribution in [0.5, 0.6) is 0 Å². The summed E-state index contributed by atoms with van der Waals surface area (Å²) < 4.78 is 0. The van der Waals surface area contributed by atoms with E-state index in [1.165, 1.54) is 0 Å². The molecule has 2 N–H and O–H groups in total. The summed E-state index contributed by atoms with van der Waals surface area (Å²) >= 11 is 0. The van der Waals surface area contributed by atoms with Crippen molar-refractivity contribution in [3.8, 4) is 0 Å². The van der Waals surface area contributed by atoms with Crippen molar-refractivity contribution in [3.63, 3.8) is 0 Å². The van der Waals surface area contributed by atoms with Crippen molar-refractivity contribution in [2.75, 3.05) is 11.9 Å². The van der Waals surface area contributed by atoms with Crippen molar-refractivity contribution in [2.45, 2.75) is 34.6 Å². The van der Waals surface area contributed by atoms with E-state index in [0.29, 0.717) is 12.5 Å². The summed E-state index contributed by atoms with van der Waals surface area (Å²) in [4.78, 5) is 23.4. The fourth-order valence-corrected chi connectivity index (χ4v) is 1.92. The third kappa shape index (κ3) is 4.39. The molecule has 0 radical (unpaired) electrons. The second-order valence-electron chi connectivity index (χ2n) is 5.33. The van der Waals surface area contributed by atoms with Crippen LogP contribution in [0.2, 0.25) is 0 Å². The van der Waals surface area contributed by atoms with Crippen LogP contribution in [0, 0.1) is 26.7 Å². The number of hydrogen-bond acceptors (Lipinski definition) is 2. The quantitative estimate of drug-likeness (QED) is 0.821. The van der Waals surface area contributed by atoms with Crippen LogP contribution in [0.1, 0.15) is 30.5 Å². The topological polar surface area (TPSA) is 58.2 Å². The lowest BCUT2D eigenvalue weighted by Crippen LogP contribution is -2.37. The Hall–Kier alpha value is -1.84. The molecule has 4 heteroatoms. The van der Waals surface area contributed by atoms with E-state index in [0.717, 1.165) is 22.4 Å². The van der Waals surface area contributed by atoms with Gasteiger partial charge in [0.25, 0.3) is 0 Å². The first-order chi connectivity index (χ1) is 8.81. The molecule has 1 aromatic carbocycles. The molecule has 0 spiro atoms. The highest BCUT2D eigenvalue weighted by molar-refractivity contribution is 6.39. The highest BCUT2D eigenvalue weighted by Gasteiger charge is 2.15. The predicted octanol–water partition coefficient (Wildman–Crippen LogP) is 2.32. The number of rotatable bonds is 3. The predicted molar refractivity (Wildman–Crippen MR) is 77.1 cm³/mol. The van der Waals surface area contributed by atoms with Crippen LogP contribution in [0.25, 0.3) is 0 Å². The molecule has 0 atom stereocenters. The van der Waals surface area contributed by atoms with Crippen molar-refractivity contribution in [3.05, 3.63) is 28.8 Å². The van der Waals surface area contributed by atoms with Crippen LogP contribution in [-0.4, -0.2) is 18.4 Å². The Morgan fingerprint density at radius 3 is 2.05 bits per heavy atom. The zero-order chi connectivity index (χ0) is 14.6. The third-order valence-electron chi connectivity index (χ3n) is 2.79. The number of hydrogen-bond donors (Lipinski definition) is 2. The van der Waals surface area contributed by atoms with Gasteiger partial charge in [-0.3, -0.25) is 9.59 Å². The van der Waals surface area contributed by atoms with E-state index in [1.54, 1.807) is 0 Å². The van der Waals surface area contributed by atoms with Gasteiger partial charge in [0.1, 0.15) is 0 Å². The van der Waals surface area contributed by atoms with Crippen LogP contribution in [0.3, 0.4) is 0 Å². The van der Waals surface area contributed by atoms with Gasteiger partial charge >= 0.3 is 11.8 Å². The van der Waals surface area contributed by atoms with Gasteiger partial charge in [-0.25, -0.2) is 0 Å². The molecule has 104 valence electrons. The minimum absolute atomic E-state index is 0.319. The highest BCUT2D eigenvalue weighted by Crippen LogP contribution is 2.21. The monoisotopic (exact) mass is 262 g/mol. The van der Waals surface area contributed by atoms with Gasteiger partial charge in [0.15, 0.2) is 0 Å². The summed E-state index contributed by atoms with van der Waals surface area (Å²) in [5, 5.41) is 5.28. The molecule has 0 saturated carbocycles. The number of amides is 2. The molecule has 1 rings (SSSR count). The zero-order valence-corrected chi connectivity index (χ0v) is 12.3. The summed E-state index contributed by atoms with van der Waals surface area (Å²) in [5.74, 6) is -0.886. The number of carbonyl (C=O) groups is 2. The minimum Gasteiger partial charge on any atom is -0.348 e. The molecule has 0 saturated heterocycles. The molecule has 0 unspecified atom stereocenters. The molecular weight excluding hydrogens is 240 g/mol. The summed E-state index contributed by atoms with van der Waals surface area (Å²) in [7, 11) is 0. The van der Waals surface area contributed by atoms with E-state index in [-0.39, 0.29) is 0 Å². The van der Waals surface area contributed by atoms with Gasteiger partial charge in [-0.05, 0) is 37.8 Å². The number of carbonyl (C=O) groups excluding carboxylic acids is 2. The van der Waals surface area contributed by atoms with Crippen molar-refractivity contribution >= 4 is 17.5 Å². The zero-order valence-electron chi connectivity index (χ0n) is 12.3. The first-order valence-corrected chi connectivity index (χ1v) is 6.48. The van der Waals surface area contributed by atoms with E-state index in [1.807, 2.05) is 46.8 Å². The number of nitrogens with one attached hydrogen (secondary N) is 2. The van der Waals surface area contributed by atoms with Gasteiger partial charge in [-0.1, -0.05) is 31.5 Å². The van der Waals surface area contributed by atoms with E-state index in [9.17, 15) is 9.59 Å². The van der Waals surface area contributed by atoms with Crippen molar-refractivity contribution in [2.24, 2.45) is 5.92 Å². The molecular formula is C15H22N2O2. The molecule has 1 aromatic rings. The van der Waals surface area contributed by atoms with Gasteiger partial charge in [0.2, 0.25) is 0 Å². The summed E-state index contributed by atoms with van der Waals surface area (Å²) in [5.41, 5.74) is 3.78. The SMILES string of the molecule is Cc1cc(C)c(NC(=O)C(=O)NCC(C)C)c(C)c1. The van der Waals surface area contributed by atoms with Crippen molar-refractivity contribution < 1.29 is 9.59 Å². The molecule has 0 aliphatic carbocycles. The minimum atomic E-state index is -0.615. The molecule has 0 heterocycles. The lowest BCUT2D eigenvalue weighted by atomic mass is 10.1. The maximum Gasteiger partial charge on any atom is 0.313 e. The normalized spacial score (nSPS) is 10.4. The van der Waals surface area contributed by atoms with Crippen LogP contribution >= 0.6 is 0 Å². The fourth-order valence-electron chi connectivity index (χ4n) is 1.92. The largest absolute Gasteiger partial charge is 0.348 e. The summed E-state index contributed by atoms with van der Waals surface area (Å²) in [6.45, 7) is 10.3. The Kier molecular flexibility index (Phi) is 5.10. The lowest BCUT2D eigenvalue weighted by molar-refractivity contribution is -0.136. The van der Waals surface area contributed by atoms with Gasteiger partial charge in [-0.2, -0.15) is 0 Å². The van der Waals surface area contributed by atoms with E-state index in [4.69, 9.17) is 0 Å². The van der Waals surface area contributed by atoms with Crippen LogP contribution in [0.15, 0.2) is 12.1 Å². The fraction of sp³-hybridized carbons (Fsp3) is 0.467. The third-order valence-corrected chi connectivity index (χ3v) is 2.79. The van der Waals surface area contributed by atoms with Gasteiger partial charge in [0, 0.05) is 12.2 Å². The highest BCUT2D eigenvalue weighted by atomic mass is 16.2. The molecule has 0 aliphatic rings. The van der Waals surface area contributed by atoms with Crippen LogP contribution in [0.4, 0.5) is 5.69 Å². The molecule has 19 heavy (non-hydrogen) atoms. The van der Waals surface area contributed by atoms with E-state index < -0.39 is 11.8 Å². The lowest BCUT2D eigenvalue weighted by Gasteiger charge is -2.13. The van der Waals surface area contributed by atoms with E-state index in [2.05, 4.69) is 10.6 Å². The standard InChI is InChI=1S/C15H22N2O2/c1-9(2)8-16-14(18)15(19)17-13-11(4)6-10(3)7-12(13)5/h6-7,9H,8H2,1-5H3,(H,16,18)(H,17,19). The Bertz CT molecular complexity index is 470. The Morgan fingerprint density at radius 1 is 1.05 bits per heavy atom. The molecule has 2 amide bonds. The van der Waals surface area contributed by atoms with Crippen molar-refractivity contribution in [1.82, 2.24) is 5.32 Å². The Balaban J connectivity index is 2.75. The van der Waals surface area contributed by atoms with Gasteiger partial charge < -0.3 is 10.6 Å². The number of benzene rings is 1. The maximum atomic E-state index is 11.8. The smallest absolute Gasteiger partial charge is 0.313 e. The van der Waals surface area contributed by atoms with Crippen LogP contribution < -0.4 is 10.6 Å². The average molecular weight is 262 g/mol. The van der Waals surface area contributed by atoms with E-state index >= 15 is 0 Å². The number of anilines is 1. The first kappa shape index (κ1) is 15.2. The molecule has 4 nitrogen and oxygen atoms in total. The maximum absolute atomic E-state index is 11.8. The van der Waals surface area contributed by atoms with Gasteiger partial charge in [-0.15, -0.1) is 0 Å². The van der Waals surface area contributed by atoms with Crippen LogP contribution in [-0.2, 0) is 9.59 Å². The molecule has 0 aliphatic heterocycles. The Morgan fingerprint density at radius 2 is 1.58 bits per heavy atom. The van der Waals surface area contributed by atoms with Crippen molar-refractivity contribution in [1.29, 1.82) is 0 Å². The summed E-state index contributed by atoms with van der Waals surface area (Å²) in [6.07, 6.45) is 0. The number of aryl methyl sites for hydroxylation is 3. The molecule has 0 fully saturated rings. The molecule has 0 bridgehead atoms. The second-order valence-corrected chi connectivity index (χ2v) is 5.33. The molecule has 0 aromatic heterocycles. The second kappa shape index (κ2) is 6.36.